The number of hydrogen-bond donors (Lipinski definition) is 1. The fourth-order valence-electron chi connectivity index (χ4n) is 2.01. The van der Waals surface area contributed by atoms with Crippen molar-refractivity contribution in [2.24, 2.45) is 0 Å². The van der Waals surface area contributed by atoms with Crippen LogP contribution in [0.4, 0.5) is 4.39 Å². The van der Waals surface area contributed by atoms with Crippen LogP contribution in [0.3, 0.4) is 0 Å². The second-order valence-corrected chi connectivity index (χ2v) is 4.50. The number of methoxy groups -OCH3 is 1. The Hall–Kier alpha value is -1.53. The maximum absolute atomic E-state index is 13.4. The van der Waals surface area contributed by atoms with Crippen molar-refractivity contribution >= 4 is 0 Å². The summed E-state index contributed by atoms with van der Waals surface area (Å²) >= 11 is 0. The minimum Gasteiger partial charge on any atom is -0.494 e. The van der Waals surface area contributed by atoms with Crippen LogP contribution in [0, 0.1) is 18.2 Å². The third-order valence-electron chi connectivity index (χ3n) is 3.03. The van der Waals surface area contributed by atoms with Gasteiger partial charge in [0.25, 0.3) is 0 Å². The lowest BCUT2D eigenvalue weighted by molar-refractivity contribution is 0.384. The van der Waals surface area contributed by atoms with Crippen molar-refractivity contribution in [3.05, 3.63) is 29.6 Å². The summed E-state index contributed by atoms with van der Waals surface area (Å²) in [6, 6.07) is 5.22. The van der Waals surface area contributed by atoms with E-state index in [0.29, 0.717) is 0 Å². The quantitative estimate of drug-likeness (QED) is 0.570. The summed E-state index contributed by atoms with van der Waals surface area (Å²) in [6.45, 7) is 3.05. The molecular weight excluding hydrogens is 241 g/mol. The fraction of sp³-hybridized carbons (Fsp3) is 0.500. The van der Waals surface area contributed by atoms with Crippen molar-refractivity contribution in [1.29, 1.82) is 0 Å². The predicted molar refractivity (Wildman–Crippen MR) is 76.7 cm³/mol. The lowest BCUT2D eigenvalue weighted by Crippen LogP contribution is -2.22. The number of rotatable bonds is 8. The summed E-state index contributed by atoms with van der Waals surface area (Å²) in [7, 11) is 1.48. The van der Waals surface area contributed by atoms with Gasteiger partial charge in [0.2, 0.25) is 0 Å². The molecule has 0 heterocycles. The molecule has 0 amide bonds. The van der Waals surface area contributed by atoms with E-state index in [1.165, 1.54) is 13.2 Å². The maximum Gasteiger partial charge on any atom is 0.165 e. The van der Waals surface area contributed by atoms with E-state index < -0.39 is 0 Å². The van der Waals surface area contributed by atoms with Gasteiger partial charge in [-0.25, -0.2) is 4.39 Å². The number of halogens is 1. The second-order valence-electron chi connectivity index (χ2n) is 4.50. The Morgan fingerprint density at radius 3 is 2.89 bits per heavy atom. The van der Waals surface area contributed by atoms with Gasteiger partial charge in [0.05, 0.1) is 7.11 Å². The topological polar surface area (TPSA) is 21.3 Å². The molecule has 1 N–H and O–H groups in total. The molecule has 0 aliphatic carbocycles. The molecule has 3 heteroatoms. The van der Waals surface area contributed by atoms with Crippen molar-refractivity contribution in [3.8, 4) is 18.1 Å². The molecule has 0 aliphatic heterocycles. The summed E-state index contributed by atoms with van der Waals surface area (Å²) in [4.78, 5) is 0. The summed E-state index contributed by atoms with van der Waals surface area (Å²) in [5.41, 5.74) is 1.05. The number of hydrogen-bond acceptors (Lipinski definition) is 2. The minimum atomic E-state index is -0.330. The Labute approximate surface area is 115 Å². The molecular formula is C16H22FNO. The zero-order valence-electron chi connectivity index (χ0n) is 11.7. The zero-order valence-corrected chi connectivity index (χ0v) is 11.7. The predicted octanol–water partition coefficient (Wildman–Crippen LogP) is 3.68. The van der Waals surface area contributed by atoms with E-state index in [2.05, 4.69) is 18.2 Å². The molecule has 1 aromatic carbocycles. The van der Waals surface area contributed by atoms with Crippen LogP contribution in [0.2, 0.25) is 0 Å². The van der Waals surface area contributed by atoms with Crippen LogP contribution in [-0.2, 0) is 0 Å². The molecule has 0 bridgehead atoms. The molecule has 0 aliphatic rings. The van der Waals surface area contributed by atoms with Gasteiger partial charge in [-0.05, 0) is 43.5 Å². The Morgan fingerprint density at radius 1 is 1.47 bits per heavy atom. The van der Waals surface area contributed by atoms with Crippen molar-refractivity contribution < 1.29 is 9.13 Å². The Bertz CT molecular complexity index is 425. The Kier molecular flexibility index (Phi) is 6.99. The first-order valence-corrected chi connectivity index (χ1v) is 6.73. The smallest absolute Gasteiger partial charge is 0.165 e. The van der Waals surface area contributed by atoms with Gasteiger partial charge in [-0.3, -0.25) is 0 Å². The fourth-order valence-corrected chi connectivity index (χ4v) is 2.01. The first-order valence-electron chi connectivity index (χ1n) is 6.73. The summed E-state index contributed by atoms with van der Waals surface area (Å²) < 4.78 is 18.5. The highest BCUT2D eigenvalue weighted by Crippen LogP contribution is 2.25. The van der Waals surface area contributed by atoms with E-state index in [-0.39, 0.29) is 17.6 Å². The van der Waals surface area contributed by atoms with Gasteiger partial charge in [-0.1, -0.05) is 13.0 Å². The number of ether oxygens (including phenoxy) is 1. The van der Waals surface area contributed by atoms with Gasteiger partial charge in [-0.15, -0.1) is 12.3 Å². The average Bonchev–Trinajstić information content (AvgIpc) is 2.43. The van der Waals surface area contributed by atoms with Crippen molar-refractivity contribution in [3.63, 3.8) is 0 Å². The van der Waals surface area contributed by atoms with E-state index in [1.54, 1.807) is 12.1 Å². The summed E-state index contributed by atoms with van der Waals surface area (Å²) in [6.07, 6.45) is 9.00. The van der Waals surface area contributed by atoms with E-state index in [1.807, 2.05) is 0 Å². The molecule has 0 aromatic heterocycles. The molecule has 1 rings (SSSR count). The van der Waals surface area contributed by atoms with Crippen LogP contribution in [-0.4, -0.2) is 13.7 Å². The number of benzene rings is 1. The molecule has 2 nitrogen and oxygen atoms in total. The van der Waals surface area contributed by atoms with Crippen LogP contribution < -0.4 is 10.1 Å². The van der Waals surface area contributed by atoms with Crippen molar-refractivity contribution in [2.75, 3.05) is 13.7 Å². The number of unbranched alkanes of at least 4 members (excludes halogenated alkanes) is 1. The van der Waals surface area contributed by atoms with Crippen molar-refractivity contribution in [1.82, 2.24) is 5.32 Å². The standard InChI is InChI=1S/C16H22FNO/c1-4-6-7-8-15(18-11-5-2)13-9-10-14(17)16(12-13)19-3/h1,9-10,12,15,18H,5-8,11H2,2-3H3. The van der Waals surface area contributed by atoms with E-state index >= 15 is 0 Å². The Morgan fingerprint density at radius 2 is 2.26 bits per heavy atom. The second kappa shape index (κ2) is 8.55. The van der Waals surface area contributed by atoms with Crippen LogP contribution in [0.15, 0.2) is 18.2 Å². The van der Waals surface area contributed by atoms with Gasteiger partial charge < -0.3 is 10.1 Å². The SMILES string of the molecule is C#CCCCC(NCCC)c1ccc(F)c(OC)c1. The van der Waals surface area contributed by atoms with Gasteiger partial charge >= 0.3 is 0 Å². The molecule has 0 saturated carbocycles. The van der Waals surface area contributed by atoms with E-state index in [9.17, 15) is 4.39 Å². The highest BCUT2D eigenvalue weighted by Gasteiger charge is 2.13. The lowest BCUT2D eigenvalue weighted by atomic mass is 10.0. The van der Waals surface area contributed by atoms with Crippen molar-refractivity contribution in [2.45, 2.75) is 38.6 Å². The zero-order chi connectivity index (χ0) is 14.1. The van der Waals surface area contributed by atoms with Gasteiger partial charge in [-0.2, -0.15) is 0 Å². The molecule has 0 fully saturated rings. The molecule has 0 saturated heterocycles. The minimum absolute atomic E-state index is 0.197. The third-order valence-corrected chi connectivity index (χ3v) is 3.03. The molecule has 19 heavy (non-hydrogen) atoms. The summed E-state index contributed by atoms with van der Waals surface area (Å²) in [5.74, 6) is 2.61. The molecule has 0 radical (unpaired) electrons. The largest absolute Gasteiger partial charge is 0.494 e. The summed E-state index contributed by atoms with van der Waals surface area (Å²) in [5, 5.41) is 3.47. The van der Waals surface area contributed by atoms with E-state index in [0.717, 1.165) is 37.8 Å². The van der Waals surface area contributed by atoms with Crippen LogP contribution in [0.1, 0.15) is 44.2 Å². The molecule has 0 spiro atoms. The first kappa shape index (κ1) is 15.5. The monoisotopic (exact) mass is 263 g/mol. The molecule has 1 unspecified atom stereocenters. The van der Waals surface area contributed by atoms with Gasteiger partial charge in [0.15, 0.2) is 11.6 Å². The van der Waals surface area contributed by atoms with Crippen LogP contribution >= 0.6 is 0 Å². The van der Waals surface area contributed by atoms with E-state index in [4.69, 9.17) is 11.2 Å². The average molecular weight is 263 g/mol. The first-order chi connectivity index (χ1) is 9.22. The highest BCUT2D eigenvalue weighted by atomic mass is 19.1. The Balaban J connectivity index is 2.80. The number of terminal acetylenes is 1. The van der Waals surface area contributed by atoms with Crippen LogP contribution in [0.25, 0.3) is 0 Å². The highest BCUT2D eigenvalue weighted by molar-refractivity contribution is 5.32. The maximum atomic E-state index is 13.4. The lowest BCUT2D eigenvalue weighted by Gasteiger charge is -2.19. The molecule has 1 atom stereocenters. The number of nitrogens with one attached hydrogen (secondary N) is 1. The molecule has 1 aromatic rings. The molecule has 104 valence electrons. The third kappa shape index (κ3) is 4.92. The van der Waals surface area contributed by atoms with Gasteiger partial charge in [0, 0.05) is 12.5 Å². The van der Waals surface area contributed by atoms with Gasteiger partial charge in [0.1, 0.15) is 0 Å². The van der Waals surface area contributed by atoms with Crippen LogP contribution in [0.5, 0.6) is 5.75 Å². The normalized spacial score (nSPS) is 11.9.